The van der Waals surface area contributed by atoms with E-state index in [-0.39, 0.29) is 5.82 Å². The minimum atomic E-state index is -0.155. The van der Waals surface area contributed by atoms with Gasteiger partial charge in [0, 0.05) is 6.04 Å². The molecule has 1 nitrogen and oxygen atoms in total. The van der Waals surface area contributed by atoms with Crippen molar-refractivity contribution in [1.29, 1.82) is 0 Å². The molecule has 2 heteroatoms. The van der Waals surface area contributed by atoms with E-state index in [4.69, 9.17) is 0 Å². The Kier molecular flexibility index (Phi) is 6.96. The topological polar surface area (TPSA) is 12.0 Å². The fourth-order valence-corrected chi connectivity index (χ4v) is 2.53. The molecule has 0 amide bonds. The molecule has 1 N–H and O–H groups in total. The number of hydrogen-bond donors (Lipinski definition) is 1. The van der Waals surface area contributed by atoms with Gasteiger partial charge in [0.15, 0.2) is 0 Å². The molecule has 1 aromatic carbocycles. The van der Waals surface area contributed by atoms with E-state index < -0.39 is 0 Å². The molecule has 0 fully saturated rings. The molecule has 0 saturated heterocycles. The van der Waals surface area contributed by atoms with Gasteiger partial charge in [0.05, 0.1) is 0 Å². The zero-order chi connectivity index (χ0) is 13.4. The summed E-state index contributed by atoms with van der Waals surface area (Å²) in [6.07, 6.45) is 4.71. The van der Waals surface area contributed by atoms with Crippen LogP contribution in [0.2, 0.25) is 0 Å². The Balaban J connectivity index is 2.53. The average Bonchev–Trinajstić information content (AvgIpc) is 2.32. The summed E-state index contributed by atoms with van der Waals surface area (Å²) in [4.78, 5) is 0. The van der Waals surface area contributed by atoms with Crippen LogP contribution in [0, 0.1) is 11.7 Å². The zero-order valence-corrected chi connectivity index (χ0v) is 11.9. The van der Waals surface area contributed by atoms with E-state index in [1.165, 1.54) is 24.8 Å². The van der Waals surface area contributed by atoms with Gasteiger partial charge in [-0.2, -0.15) is 0 Å². The van der Waals surface area contributed by atoms with E-state index in [0.29, 0.717) is 6.04 Å². The van der Waals surface area contributed by atoms with E-state index in [1.54, 1.807) is 12.1 Å². The summed E-state index contributed by atoms with van der Waals surface area (Å²) in [7, 11) is 0. The Morgan fingerprint density at radius 1 is 1.17 bits per heavy atom. The summed E-state index contributed by atoms with van der Waals surface area (Å²) >= 11 is 0. The summed E-state index contributed by atoms with van der Waals surface area (Å²) in [5.41, 5.74) is 1.21. The molecule has 1 rings (SSSR count). The maximum absolute atomic E-state index is 12.9. The quantitative estimate of drug-likeness (QED) is 0.731. The Bertz CT molecular complexity index is 320. The third-order valence-electron chi connectivity index (χ3n) is 3.36. The molecule has 18 heavy (non-hydrogen) atoms. The summed E-state index contributed by atoms with van der Waals surface area (Å²) in [5.74, 6) is 0.595. The Morgan fingerprint density at radius 2 is 1.83 bits per heavy atom. The highest BCUT2D eigenvalue weighted by molar-refractivity contribution is 5.17. The molecule has 0 spiro atoms. The lowest BCUT2D eigenvalue weighted by molar-refractivity contribution is 0.385. The highest BCUT2D eigenvalue weighted by atomic mass is 19.1. The van der Waals surface area contributed by atoms with Crippen LogP contribution < -0.4 is 5.32 Å². The molecule has 0 radical (unpaired) electrons. The molecule has 102 valence electrons. The van der Waals surface area contributed by atoms with Gasteiger partial charge in [-0.25, -0.2) is 4.39 Å². The molecule has 0 aliphatic heterocycles. The molecule has 1 aromatic rings. The SMILES string of the molecule is CCCC(C)CC(Cc1ccc(F)cc1)NCC. The number of nitrogens with one attached hydrogen (secondary N) is 1. The van der Waals surface area contributed by atoms with Gasteiger partial charge in [0.25, 0.3) is 0 Å². The lowest BCUT2D eigenvalue weighted by atomic mass is 9.93. The van der Waals surface area contributed by atoms with Crippen molar-refractivity contribution in [2.24, 2.45) is 5.92 Å². The third kappa shape index (κ3) is 5.63. The number of likely N-dealkylation sites (N-methyl/N-ethyl adjacent to an activating group) is 1. The fourth-order valence-electron chi connectivity index (χ4n) is 2.53. The summed E-state index contributed by atoms with van der Waals surface area (Å²) in [6.45, 7) is 7.68. The number of benzene rings is 1. The van der Waals surface area contributed by atoms with Crippen molar-refractivity contribution in [2.75, 3.05) is 6.54 Å². The van der Waals surface area contributed by atoms with Crippen LogP contribution in [0.4, 0.5) is 4.39 Å². The van der Waals surface area contributed by atoms with Gasteiger partial charge >= 0.3 is 0 Å². The van der Waals surface area contributed by atoms with Crippen LogP contribution in [-0.2, 0) is 6.42 Å². The fraction of sp³-hybridized carbons (Fsp3) is 0.625. The first kappa shape index (κ1) is 15.2. The first-order valence-electron chi connectivity index (χ1n) is 7.13. The molecule has 2 atom stereocenters. The maximum atomic E-state index is 12.9. The minimum absolute atomic E-state index is 0.155. The molecular formula is C16H26FN. The molecule has 0 aliphatic rings. The first-order chi connectivity index (χ1) is 8.65. The van der Waals surface area contributed by atoms with Gasteiger partial charge in [-0.1, -0.05) is 45.7 Å². The summed E-state index contributed by atoms with van der Waals surface area (Å²) in [6, 6.07) is 7.39. The van der Waals surface area contributed by atoms with Crippen molar-refractivity contribution in [2.45, 2.75) is 52.5 Å². The van der Waals surface area contributed by atoms with E-state index in [0.717, 1.165) is 18.9 Å². The van der Waals surface area contributed by atoms with Crippen LogP contribution in [0.1, 0.15) is 45.6 Å². The number of halogens is 1. The van der Waals surface area contributed by atoms with Gasteiger partial charge in [0.1, 0.15) is 5.82 Å². The minimum Gasteiger partial charge on any atom is -0.314 e. The van der Waals surface area contributed by atoms with Crippen molar-refractivity contribution in [3.63, 3.8) is 0 Å². The molecule has 0 aliphatic carbocycles. The highest BCUT2D eigenvalue weighted by Gasteiger charge is 2.12. The van der Waals surface area contributed by atoms with Gasteiger partial charge in [-0.3, -0.25) is 0 Å². The standard InChI is InChI=1S/C16H26FN/c1-4-6-13(3)11-16(18-5-2)12-14-7-9-15(17)10-8-14/h7-10,13,16,18H,4-6,11-12H2,1-3H3. The third-order valence-corrected chi connectivity index (χ3v) is 3.36. The molecule has 2 unspecified atom stereocenters. The zero-order valence-electron chi connectivity index (χ0n) is 11.9. The van der Waals surface area contributed by atoms with Crippen LogP contribution in [0.15, 0.2) is 24.3 Å². The number of rotatable bonds is 8. The van der Waals surface area contributed by atoms with Crippen LogP contribution >= 0.6 is 0 Å². The van der Waals surface area contributed by atoms with E-state index in [1.807, 2.05) is 12.1 Å². The van der Waals surface area contributed by atoms with Crippen molar-refractivity contribution in [1.82, 2.24) is 5.32 Å². The highest BCUT2D eigenvalue weighted by Crippen LogP contribution is 2.16. The van der Waals surface area contributed by atoms with Crippen molar-refractivity contribution < 1.29 is 4.39 Å². The Hall–Kier alpha value is -0.890. The maximum Gasteiger partial charge on any atom is 0.123 e. The molecule has 0 bridgehead atoms. The lowest BCUT2D eigenvalue weighted by Gasteiger charge is -2.21. The predicted molar refractivity (Wildman–Crippen MR) is 76.3 cm³/mol. The lowest BCUT2D eigenvalue weighted by Crippen LogP contribution is -2.32. The number of hydrogen-bond acceptors (Lipinski definition) is 1. The smallest absolute Gasteiger partial charge is 0.123 e. The molecule has 0 saturated carbocycles. The second kappa shape index (κ2) is 8.25. The summed E-state index contributed by atoms with van der Waals surface area (Å²) < 4.78 is 12.9. The van der Waals surface area contributed by atoms with E-state index >= 15 is 0 Å². The van der Waals surface area contributed by atoms with Crippen LogP contribution in [0.25, 0.3) is 0 Å². The Morgan fingerprint density at radius 3 is 2.39 bits per heavy atom. The predicted octanol–water partition coefficient (Wildman–Crippen LogP) is 4.17. The largest absolute Gasteiger partial charge is 0.314 e. The Labute approximate surface area is 111 Å². The van der Waals surface area contributed by atoms with Crippen molar-refractivity contribution in [3.8, 4) is 0 Å². The molecular weight excluding hydrogens is 225 g/mol. The van der Waals surface area contributed by atoms with Gasteiger partial charge < -0.3 is 5.32 Å². The van der Waals surface area contributed by atoms with Crippen LogP contribution in [-0.4, -0.2) is 12.6 Å². The first-order valence-corrected chi connectivity index (χ1v) is 7.13. The van der Waals surface area contributed by atoms with Crippen LogP contribution in [0.3, 0.4) is 0 Å². The molecule has 0 aromatic heterocycles. The van der Waals surface area contributed by atoms with Gasteiger partial charge in [0.2, 0.25) is 0 Å². The van der Waals surface area contributed by atoms with Crippen molar-refractivity contribution >= 4 is 0 Å². The van der Waals surface area contributed by atoms with Crippen molar-refractivity contribution in [3.05, 3.63) is 35.6 Å². The van der Waals surface area contributed by atoms with E-state index in [2.05, 4.69) is 26.1 Å². The van der Waals surface area contributed by atoms with Gasteiger partial charge in [-0.05, 0) is 43.0 Å². The second-order valence-corrected chi connectivity index (χ2v) is 5.21. The second-order valence-electron chi connectivity index (χ2n) is 5.21. The average molecular weight is 251 g/mol. The summed E-state index contributed by atoms with van der Waals surface area (Å²) in [5, 5.41) is 3.54. The monoisotopic (exact) mass is 251 g/mol. The van der Waals surface area contributed by atoms with Crippen LogP contribution in [0.5, 0.6) is 0 Å². The normalized spacial score (nSPS) is 14.4. The molecule has 0 heterocycles. The van der Waals surface area contributed by atoms with E-state index in [9.17, 15) is 4.39 Å². The van der Waals surface area contributed by atoms with Gasteiger partial charge in [-0.15, -0.1) is 0 Å².